The Kier molecular flexibility index (Phi) is 3.08. The van der Waals surface area contributed by atoms with E-state index in [2.05, 4.69) is 11.9 Å². The Bertz CT molecular complexity index is 333. The van der Waals surface area contributed by atoms with Crippen molar-refractivity contribution in [3.05, 3.63) is 0 Å². The normalized spacial score (nSPS) is 35.8. The summed E-state index contributed by atoms with van der Waals surface area (Å²) in [5.74, 6) is 0.190. The Labute approximate surface area is 108 Å². The van der Waals surface area contributed by atoms with E-state index in [4.69, 9.17) is 0 Å². The summed E-state index contributed by atoms with van der Waals surface area (Å²) >= 11 is 0. The molecule has 4 heteroatoms. The fourth-order valence-corrected chi connectivity index (χ4v) is 3.86. The number of hydrogen-bond donors (Lipinski definition) is 0. The molecule has 0 atom stereocenters. The van der Waals surface area contributed by atoms with E-state index in [1.54, 1.807) is 0 Å². The molecule has 0 aromatic carbocycles. The number of carbonyl (C=O) groups excluding carboxylic acids is 1. The highest BCUT2D eigenvalue weighted by Crippen LogP contribution is 2.38. The number of likely N-dealkylation sites (tertiary alicyclic amines) is 2. The molecule has 1 saturated carbocycles. The lowest BCUT2D eigenvalue weighted by atomic mass is 9.80. The van der Waals surface area contributed by atoms with Crippen LogP contribution in [0.3, 0.4) is 0 Å². The van der Waals surface area contributed by atoms with Gasteiger partial charge in [-0.25, -0.2) is 4.39 Å². The molecule has 0 unspecified atom stereocenters. The van der Waals surface area contributed by atoms with Gasteiger partial charge in [0.1, 0.15) is 6.17 Å². The van der Waals surface area contributed by atoms with Crippen LogP contribution < -0.4 is 0 Å². The monoisotopic (exact) mass is 254 g/mol. The van der Waals surface area contributed by atoms with Gasteiger partial charge in [-0.05, 0) is 52.1 Å². The number of piperidine rings is 1. The van der Waals surface area contributed by atoms with Crippen LogP contribution >= 0.6 is 0 Å². The van der Waals surface area contributed by atoms with Crippen molar-refractivity contribution in [2.24, 2.45) is 5.92 Å². The molecular formula is C14H23FN2O. The second-order valence-corrected chi connectivity index (χ2v) is 6.34. The number of halogens is 1. The molecule has 3 nitrogen and oxygen atoms in total. The molecule has 0 bridgehead atoms. The van der Waals surface area contributed by atoms with Crippen molar-refractivity contribution in [3.63, 3.8) is 0 Å². The fourth-order valence-electron chi connectivity index (χ4n) is 3.86. The van der Waals surface area contributed by atoms with Crippen LogP contribution in [0, 0.1) is 5.92 Å². The van der Waals surface area contributed by atoms with Crippen LogP contribution in [0.2, 0.25) is 0 Å². The van der Waals surface area contributed by atoms with E-state index in [1.165, 1.54) is 19.4 Å². The Hall–Kier alpha value is -0.640. The summed E-state index contributed by atoms with van der Waals surface area (Å²) in [6, 6.07) is 0. The third kappa shape index (κ3) is 1.94. The van der Waals surface area contributed by atoms with Gasteiger partial charge in [-0.15, -0.1) is 0 Å². The van der Waals surface area contributed by atoms with Crippen LogP contribution in [0.25, 0.3) is 0 Å². The molecule has 0 aromatic rings. The van der Waals surface area contributed by atoms with E-state index in [0.717, 1.165) is 25.9 Å². The van der Waals surface area contributed by atoms with Crippen molar-refractivity contribution in [1.82, 2.24) is 9.80 Å². The highest BCUT2D eigenvalue weighted by molar-refractivity contribution is 5.80. The van der Waals surface area contributed by atoms with Crippen molar-refractivity contribution in [1.29, 1.82) is 0 Å². The summed E-state index contributed by atoms with van der Waals surface area (Å²) in [6.45, 7) is 2.94. The minimum Gasteiger partial charge on any atom is -0.342 e. The molecule has 0 radical (unpaired) electrons. The minimum absolute atomic E-state index is 0.0182. The SMILES string of the molecule is CN1CCCC12CCN(C(=O)C1CC(F)C1)CC2. The molecule has 2 heterocycles. The largest absolute Gasteiger partial charge is 0.342 e. The van der Waals surface area contributed by atoms with Crippen molar-refractivity contribution in [2.75, 3.05) is 26.7 Å². The van der Waals surface area contributed by atoms with Gasteiger partial charge >= 0.3 is 0 Å². The summed E-state index contributed by atoms with van der Waals surface area (Å²) in [5.41, 5.74) is 0.360. The maximum absolute atomic E-state index is 12.8. The van der Waals surface area contributed by atoms with Gasteiger partial charge in [0.2, 0.25) is 5.91 Å². The molecule has 3 aliphatic rings. The highest BCUT2D eigenvalue weighted by atomic mass is 19.1. The first-order chi connectivity index (χ1) is 8.61. The third-order valence-corrected chi connectivity index (χ3v) is 5.38. The number of carbonyl (C=O) groups is 1. The maximum Gasteiger partial charge on any atom is 0.225 e. The van der Waals surface area contributed by atoms with Gasteiger partial charge in [0.05, 0.1) is 0 Å². The lowest BCUT2D eigenvalue weighted by Gasteiger charge is -2.45. The number of rotatable bonds is 1. The lowest BCUT2D eigenvalue weighted by molar-refractivity contribution is -0.142. The van der Waals surface area contributed by atoms with Crippen LogP contribution in [0.15, 0.2) is 0 Å². The van der Waals surface area contributed by atoms with E-state index in [0.29, 0.717) is 18.4 Å². The molecule has 2 saturated heterocycles. The van der Waals surface area contributed by atoms with Crippen molar-refractivity contribution < 1.29 is 9.18 Å². The zero-order valence-corrected chi connectivity index (χ0v) is 11.2. The van der Waals surface area contributed by atoms with E-state index in [1.807, 2.05) is 4.90 Å². The van der Waals surface area contributed by atoms with Crippen LogP contribution in [0.1, 0.15) is 38.5 Å². The number of hydrogen-bond acceptors (Lipinski definition) is 2. The van der Waals surface area contributed by atoms with E-state index in [9.17, 15) is 9.18 Å². The smallest absolute Gasteiger partial charge is 0.225 e. The standard InChI is InChI=1S/C14H23FN2O/c1-16-6-2-3-14(16)4-7-17(8-5-14)13(18)11-9-12(15)10-11/h11-12H,2-10H2,1H3. The third-order valence-electron chi connectivity index (χ3n) is 5.38. The Morgan fingerprint density at radius 1 is 1.17 bits per heavy atom. The first kappa shape index (κ1) is 12.4. The van der Waals surface area contributed by atoms with Gasteiger partial charge in [-0.3, -0.25) is 4.79 Å². The fraction of sp³-hybridized carbons (Fsp3) is 0.929. The second kappa shape index (κ2) is 4.48. The molecule has 1 spiro atoms. The molecule has 0 aromatic heterocycles. The van der Waals surface area contributed by atoms with Gasteiger partial charge in [0.15, 0.2) is 0 Å². The molecule has 1 amide bonds. The minimum atomic E-state index is -0.726. The average Bonchev–Trinajstić information content (AvgIpc) is 2.67. The molecule has 2 aliphatic heterocycles. The summed E-state index contributed by atoms with van der Waals surface area (Å²) < 4.78 is 12.8. The molecule has 3 rings (SSSR count). The van der Waals surface area contributed by atoms with Gasteiger partial charge in [-0.1, -0.05) is 0 Å². The molecule has 102 valence electrons. The molecule has 3 fully saturated rings. The van der Waals surface area contributed by atoms with Gasteiger partial charge in [-0.2, -0.15) is 0 Å². The Morgan fingerprint density at radius 2 is 1.83 bits per heavy atom. The maximum atomic E-state index is 12.8. The van der Waals surface area contributed by atoms with Crippen LogP contribution in [0.4, 0.5) is 4.39 Å². The first-order valence-corrected chi connectivity index (χ1v) is 7.25. The van der Waals surface area contributed by atoms with Gasteiger partial charge in [0.25, 0.3) is 0 Å². The van der Waals surface area contributed by atoms with Crippen molar-refractivity contribution in [3.8, 4) is 0 Å². The molecule has 0 N–H and O–H groups in total. The van der Waals surface area contributed by atoms with Gasteiger partial charge < -0.3 is 9.80 Å². The quantitative estimate of drug-likeness (QED) is 0.712. The summed E-state index contributed by atoms with van der Waals surface area (Å²) in [4.78, 5) is 16.6. The summed E-state index contributed by atoms with van der Waals surface area (Å²) in [7, 11) is 2.21. The van der Waals surface area contributed by atoms with Crippen LogP contribution in [0.5, 0.6) is 0 Å². The van der Waals surface area contributed by atoms with Crippen molar-refractivity contribution >= 4 is 5.91 Å². The zero-order valence-electron chi connectivity index (χ0n) is 11.2. The Morgan fingerprint density at radius 3 is 2.33 bits per heavy atom. The van der Waals surface area contributed by atoms with E-state index < -0.39 is 6.17 Å². The topological polar surface area (TPSA) is 23.6 Å². The molecule has 1 aliphatic carbocycles. The number of nitrogens with zero attached hydrogens (tertiary/aromatic N) is 2. The second-order valence-electron chi connectivity index (χ2n) is 6.34. The van der Waals surface area contributed by atoms with Crippen LogP contribution in [-0.2, 0) is 4.79 Å². The van der Waals surface area contributed by atoms with E-state index >= 15 is 0 Å². The Balaban J connectivity index is 1.55. The molecular weight excluding hydrogens is 231 g/mol. The highest BCUT2D eigenvalue weighted by Gasteiger charge is 2.44. The van der Waals surface area contributed by atoms with Crippen LogP contribution in [-0.4, -0.2) is 54.1 Å². The lowest BCUT2D eigenvalue weighted by Crippen LogP contribution is -2.54. The first-order valence-electron chi connectivity index (χ1n) is 7.25. The number of amides is 1. The zero-order chi connectivity index (χ0) is 12.8. The summed E-state index contributed by atoms with van der Waals surface area (Å²) in [5, 5.41) is 0. The average molecular weight is 254 g/mol. The predicted octanol–water partition coefficient (Wildman–Crippen LogP) is 1.82. The predicted molar refractivity (Wildman–Crippen MR) is 68.0 cm³/mol. The summed E-state index contributed by atoms with van der Waals surface area (Å²) in [6.07, 6.45) is 4.96. The van der Waals surface area contributed by atoms with Gasteiger partial charge in [0, 0.05) is 24.5 Å². The van der Waals surface area contributed by atoms with E-state index in [-0.39, 0.29) is 11.8 Å². The van der Waals surface area contributed by atoms with Crippen molar-refractivity contribution in [2.45, 2.75) is 50.2 Å². The molecule has 18 heavy (non-hydrogen) atoms. The number of alkyl halides is 1.